The zero-order valence-electron chi connectivity index (χ0n) is 16.2. The molecule has 1 aliphatic heterocycles. The minimum atomic E-state index is 0.0566. The molecule has 0 radical (unpaired) electrons. The highest BCUT2D eigenvalue weighted by Crippen LogP contribution is 2.25. The summed E-state index contributed by atoms with van der Waals surface area (Å²) in [6, 6.07) is 0. The molecule has 0 saturated carbocycles. The van der Waals surface area contributed by atoms with Crippen molar-refractivity contribution >= 4 is 5.91 Å². The van der Waals surface area contributed by atoms with Crippen molar-refractivity contribution in [3.8, 4) is 11.3 Å². The van der Waals surface area contributed by atoms with Gasteiger partial charge >= 0.3 is 0 Å². The van der Waals surface area contributed by atoms with Gasteiger partial charge in [0.05, 0.1) is 35.3 Å². The summed E-state index contributed by atoms with van der Waals surface area (Å²) in [7, 11) is 0. The maximum absolute atomic E-state index is 12.5. The van der Waals surface area contributed by atoms with Gasteiger partial charge in [-0.25, -0.2) is 4.63 Å². The minimum absolute atomic E-state index is 0.0566. The molecule has 9 nitrogen and oxygen atoms in total. The van der Waals surface area contributed by atoms with Crippen molar-refractivity contribution in [1.29, 1.82) is 0 Å². The number of nitrogens with zero attached hydrogens (tertiary/aromatic N) is 6. The average Bonchev–Trinajstić information content (AvgIpc) is 3.38. The van der Waals surface area contributed by atoms with Crippen LogP contribution < -0.4 is 0 Å². The van der Waals surface area contributed by atoms with Gasteiger partial charge in [0.1, 0.15) is 17.1 Å². The molecule has 4 heterocycles. The van der Waals surface area contributed by atoms with Crippen LogP contribution in [0.5, 0.6) is 0 Å². The normalized spacial score (nSPS) is 16.7. The van der Waals surface area contributed by atoms with Crippen LogP contribution in [0.4, 0.5) is 0 Å². The van der Waals surface area contributed by atoms with Crippen molar-refractivity contribution in [3.63, 3.8) is 0 Å². The highest BCUT2D eigenvalue weighted by Gasteiger charge is 2.27. The SMILES string of the molecule is Cc1nonc1CC(=O)N1CCC(Cc2cnc(-c3c(C)noc3C)cn2)C1. The van der Waals surface area contributed by atoms with Crippen molar-refractivity contribution in [2.75, 3.05) is 13.1 Å². The van der Waals surface area contributed by atoms with E-state index in [1.54, 1.807) is 19.3 Å². The third-order valence-electron chi connectivity index (χ3n) is 5.20. The Bertz CT molecular complexity index is 958. The third kappa shape index (κ3) is 3.64. The Morgan fingerprint density at radius 1 is 1.14 bits per heavy atom. The number of aromatic nitrogens is 5. The van der Waals surface area contributed by atoms with Gasteiger partial charge in [-0.2, -0.15) is 0 Å². The molecule has 1 unspecified atom stereocenters. The largest absolute Gasteiger partial charge is 0.361 e. The molecular weight excluding hydrogens is 360 g/mol. The molecule has 3 aromatic heterocycles. The second kappa shape index (κ2) is 7.49. The molecule has 0 N–H and O–H groups in total. The summed E-state index contributed by atoms with van der Waals surface area (Å²) in [6.45, 7) is 7.01. The van der Waals surface area contributed by atoms with E-state index >= 15 is 0 Å². The van der Waals surface area contributed by atoms with Crippen LogP contribution in [-0.4, -0.2) is 49.3 Å². The lowest BCUT2D eigenvalue weighted by Gasteiger charge is -2.16. The van der Waals surface area contributed by atoms with Crippen molar-refractivity contribution in [3.05, 3.63) is 40.9 Å². The van der Waals surface area contributed by atoms with Crippen molar-refractivity contribution in [2.24, 2.45) is 5.92 Å². The number of likely N-dealkylation sites (tertiary alicyclic amines) is 1. The van der Waals surface area contributed by atoms with Crippen LogP contribution in [0.1, 0.15) is 35.0 Å². The van der Waals surface area contributed by atoms with Crippen molar-refractivity contribution < 1.29 is 13.9 Å². The minimum Gasteiger partial charge on any atom is -0.361 e. The standard InChI is InChI=1S/C19H22N6O3/c1-11-16(24-28-23-11)7-18(26)25-5-4-14(10-25)6-15-8-21-17(9-20-15)19-12(2)22-27-13(19)3/h8-9,14H,4-7,10H2,1-3H3. The van der Waals surface area contributed by atoms with Gasteiger partial charge in [-0.1, -0.05) is 15.5 Å². The molecule has 1 atom stereocenters. The monoisotopic (exact) mass is 382 g/mol. The Labute approximate surface area is 162 Å². The molecule has 0 aliphatic carbocycles. The van der Waals surface area contributed by atoms with Crippen LogP contribution in [-0.2, 0) is 17.6 Å². The molecule has 1 aliphatic rings. The van der Waals surface area contributed by atoms with Crippen molar-refractivity contribution in [2.45, 2.75) is 40.0 Å². The van der Waals surface area contributed by atoms with E-state index in [9.17, 15) is 4.79 Å². The Morgan fingerprint density at radius 3 is 2.64 bits per heavy atom. The van der Waals surface area contributed by atoms with E-state index in [0.29, 0.717) is 17.3 Å². The van der Waals surface area contributed by atoms with Crippen molar-refractivity contribution in [1.82, 2.24) is 30.3 Å². The number of amides is 1. The van der Waals surface area contributed by atoms with E-state index in [1.807, 2.05) is 18.7 Å². The Kier molecular flexibility index (Phi) is 4.89. The number of aryl methyl sites for hydroxylation is 3. The van der Waals surface area contributed by atoms with E-state index in [1.165, 1.54) is 0 Å². The third-order valence-corrected chi connectivity index (χ3v) is 5.20. The first-order chi connectivity index (χ1) is 13.5. The topological polar surface area (TPSA) is 111 Å². The summed E-state index contributed by atoms with van der Waals surface area (Å²) in [5, 5.41) is 11.5. The lowest BCUT2D eigenvalue weighted by atomic mass is 10.0. The maximum atomic E-state index is 12.5. The summed E-state index contributed by atoms with van der Waals surface area (Å²) >= 11 is 0. The number of hydrogen-bond acceptors (Lipinski definition) is 8. The molecule has 1 saturated heterocycles. The summed E-state index contributed by atoms with van der Waals surface area (Å²) in [5.41, 5.74) is 4.66. The van der Waals surface area contributed by atoms with E-state index < -0.39 is 0 Å². The predicted octanol–water partition coefficient (Wildman–Crippen LogP) is 2.07. The maximum Gasteiger partial charge on any atom is 0.228 e. The smallest absolute Gasteiger partial charge is 0.228 e. The fraction of sp³-hybridized carbons (Fsp3) is 0.474. The summed E-state index contributed by atoms with van der Waals surface area (Å²) in [5.74, 6) is 1.17. The quantitative estimate of drug-likeness (QED) is 0.659. The number of rotatable bonds is 5. The summed E-state index contributed by atoms with van der Waals surface area (Å²) < 4.78 is 9.86. The molecule has 0 bridgehead atoms. The lowest BCUT2D eigenvalue weighted by Crippen LogP contribution is -2.30. The van der Waals surface area contributed by atoms with E-state index in [2.05, 4.69) is 30.1 Å². The van der Waals surface area contributed by atoms with Gasteiger partial charge in [0.15, 0.2) is 0 Å². The first-order valence-corrected chi connectivity index (χ1v) is 9.31. The Morgan fingerprint density at radius 2 is 2.00 bits per heavy atom. The first kappa shape index (κ1) is 18.3. The number of carbonyl (C=O) groups excluding carboxylic acids is 1. The molecule has 0 aromatic carbocycles. The van der Waals surface area contributed by atoms with Gasteiger partial charge in [-0.15, -0.1) is 0 Å². The van der Waals surface area contributed by atoms with Gasteiger partial charge in [0.25, 0.3) is 0 Å². The molecule has 3 aromatic rings. The second-order valence-electron chi connectivity index (χ2n) is 7.26. The van der Waals surface area contributed by atoms with Gasteiger partial charge in [-0.05, 0) is 39.5 Å². The van der Waals surface area contributed by atoms with Crippen LogP contribution in [0.2, 0.25) is 0 Å². The van der Waals surface area contributed by atoms with Crippen LogP contribution in [0.25, 0.3) is 11.3 Å². The van der Waals surface area contributed by atoms with E-state index in [-0.39, 0.29) is 12.3 Å². The fourth-order valence-electron chi connectivity index (χ4n) is 3.62. The highest BCUT2D eigenvalue weighted by molar-refractivity contribution is 5.78. The van der Waals surface area contributed by atoms with E-state index in [0.717, 1.165) is 54.3 Å². The fourth-order valence-corrected chi connectivity index (χ4v) is 3.62. The molecular formula is C19H22N6O3. The second-order valence-corrected chi connectivity index (χ2v) is 7.26. The zero-order chi connectivity index (χ0) is 19.7. The molecule has 1 fully saturated rings. The van der Waals surface area contributed by atoms with E-state index in [4.69, 9.17) is 4.52 Å². The van der Waals surface area contributed by atoms with Crippen LogP contribution in [0, 0.1) is 26.7 Å². The van der Waals surface area contributed by atoms with Gasteiger partial charge in [0, 0.05) is 19.3 Å². The zero-order valence-corrected chi connectivity index (χ0v) is 16.2. The molecule has 1 amide bonds. The average molecular weight is 382 g/mol. The Balaban J connectivity index is 1.35. The van der Waals surface area contributed by atoms with Crippen LogP contribution >= 0.6 is 0 Å². The highest BCUT2D eigenvalue weighted by atomic mass is 16.6. The summed E-state index contributed by atoms with van der Waals surface area (Å²) in [6.07, 6.45) is 5.54. The molecule has 9 heteroatoms. The molecule has 0 spiro atoms. The van der Waals surface area contributed by atoms with Crippen LogP contribution in [0.15, 0.2) is 21.5 Å². The molecule has 28 heavy (non-hydrogen) atoms. The first-order valence-electron chi connectivity index (χ1n) is 9.31. The number of carbonyl (C=O) groups is 1. The molecule has 4 rings (SSSR count). The van der Waals surface area contributed by atoms with Gasteiger partial charge in [0.2, 0.25) is 5.91 Å². The number of hydrogen-bond donors (Lipinski definition) is 0. The van der Waals surface area contributed by atoms with Gasteiger partial charge < -0.3 is 9.42 Å². The Hall–Kier alpha value is -3.10. The predicted molar refractivity (Wildman–Crippen MR) is 98.1 cm³/mol. The van der Waals surface area contributed by atoms with Crippen LogP contribution in [0.3, 0.4) is 0 Å². The molecule has 146 valence electrons. The van der Waals surface area contributed by atoms with Gasteiger partial charge in [-0.3, -0.25) is 14.8 Å². The lowest BCUT2D eigenvalue weighted by molar-refractivity contribution is -0.129. The summed E-state index contributed by atoms with van der Waals surface area (Å²) in [4.78, 5) is 23.4.